The van der Waals surface area contributed by atoms with Gasteiger partial charge in [-0.2, -0.15) is 0 Å². The van der Waals surface area contributed by atoms with Gasteiger partial charge < -0.3 is 35.6 Å². The summed E-state index contributed by atoms with van der Waals surface area (Å²) in [6, 6.07) is 0.308. The molecule has 1 unspecified atom stereocenters. The first kappa shape index (κ1) is 26.8. The number of hydrogen-bond donors (Lipinski definition) is 5. The lowest BCUT2D eigenvalue weighted by Crippen LogP contribution is -2.30. The van der Waals surface area contributed by atoms with Gasteiger partial charge in [-0.25, -0.2) is 18.4 Å². The summed E-state index contributed by atoms with van der Waals surface area (Å²) < 4.78 is 30.2. The quantitative estimate of drug-likeness (QED) is 0.358. The highest BCUT2D eigenvalue weighted by atomic mass is 35.5. The van der Waals surface area contributed by atoms with E-state index in [0.29, 0.717) is 13.1 Å². The number of aliphatic carboxylic acids is 2. The van der Waals surface area contributed by atoms with Gasteiger partial charge in [-0.1, -0.05) is 11.6 Å². The molecule has 4 atom stereocenters. The topological polar surface area (TPSA) is 183 Å². The van der Waals surface area contributed by atoms with Crippen LogP contribution in [0.15, 0.2) is 17.1 Å². The van der Waals surface area contributed by atoms with Crippen LogP contribution >= 0.6 is 11.6 Å². The number of rotatable bonds is 6. The highest BCUT2D eigenvalue weighted by Gasteiger charge is 2.54. The van der Waals surface area contributed by atoms with Crippen LogP contribution in [-0.2, 0) is 9.59 Å². The second-order valence-corrected chi connectivity index (χ2v) is 10.00. The van der Waals surface area contributed by atoms with Gasteiger partial charge in [0.15, 0.2) is 6.10 Å². The molecule has 5 rings (SSSR count). The van der Waals surface area contributed by atoms with E-state index in [1.165, 1.54) is 4.57 Å². The van der Waals surface area contributed by atoms with Crippen LogP contribution in [0.5, 0.6) is 0 Å². The zero-order valence-corrected chi connectivity index (χ0v) is 20.0. The van der Waals surface area contributed by atoms with Crippen molar-refractivity contribution >= 4 is 46.1 Å². The fourth-order valence-electron chi connectivity index (χ4n) is 4.68. The Hall–Kier alpha value is -3.29. The average Bonchev–Trinajstić information content (AvgIpc) is 3.69. The number of anilines is 1. The van der Waals surface area contributed by atoms with E-state index in [1.54, 1.807) is 4.90 Å². The van der Waals surface area contributed by atoms with Gasteiger partial charge in [0, 0.05) is 37.2 Å². The summed E-state index contributed by atoms with van der Waals surface area (Å²) in [7, 11) is 0. The molecule has 0 radical (unpaired) electrons. The smallest absolute Gasteiger partial charge is 0.341 e. The largest absolute Gasteiger partial charge is 0.481 e. The molecule has 6 N–H and O–H groups in total. The summed E-state index contributed by atoms with van der Waals surface area (Å²) in [6.07, 6.45) is -0.434. The number of carboxylic acids is 3. The normalized spacial score (nSPS) is 23.9. The van der Waals surface area contributed by atoms with Gasteiger partial charge in [-0.05, 0) is 18.9 Å². The van der Waals surface area contributed by atoms with Crippen molar-refractivity contribution in [3.63, 3.8) is 0 Å². The molecule has 2 heterocycles. The van der Waals surface area contributed by atoms with E-state index in [-0.39, 0.29) is 39.5 Å². The molecule has 2 aromatic rings. The van der Waals surface area contributed by atoms with Crippen LogP contribution in [-0.4, -0.2) is 74.3 Å². The monoisotopic (exact) mass is 543 g/mol. The second-order valence-electron chi connectivity index (χ2n) is 9.62. The summed E-state index contributed by atoms with van der Waals surface area (Å²) in [4.78, 5) is 45.2. The van der Waals surface area contributed by atoms with E-state index < -0.39 is 59.5 Å². The Labute approximate surface area is 212 Å². The van der Waals surface area contributed by atoms with E-state index in [9.17, 15) is 28.7 Å². The summed E-state index contributed by atoms with van der Waals surface area (Å²) in [5, 5.41) is 33.3. The van der Waals surface area contributed by atoms with E-state index >= 15 is 4.39 Å². The molecule has 0 bridgehead atoms. The molecule has 2 saturated carbocycles. The van der Waals surface area contributed by atoms with E-state index in [2.05, 4.69) is 0 Å². The van der Waals surface area contributed by atoms with Gasteiger partial charge in [0.25, 0.3) is 0 Å². The van der Waals surface area contributed by atoms with Crippen molar-refractivity contribution < 1.29 is 43.6 Å². The fraction of sp³-hybridized carbons (Fsp3) is 0.478. The van der Waals surface area contributed by atoms with Gasteiger partial charge in [0.2, 0.25) is 5.43 Å². The second kappa shape index (κ2) is 9.54. The highest BCUT2D eigenvalue weighted by Crippen LogP contribution is 2.54. The molecule has 1 aromatic heterocycles. The maximum atomic E-state index is 15.0. The number of hydrogen-bond acceptors (Lipinski definition) is 7. The third-order valence-electron chi connectivity index (χ3n) is 7.02. The van der Waals surface area contributed by atoms with Crippen molar-refractivity contribution in [1.29, 1.82) is 0 Å². The van der Waals surface area contributed by atoms with Crippen LogP contribution in [0, 0.1) is 11.2 Å². The van der Waals surface area contributed by atoms with Crippen LogP contribution in [0.4, 0.5) is 14.5 Å². The molecule has 1 spiro atoms. The molecule has 0 amide bonds. The van der Waals surface area contributed by atoms with Gasteiger partial charge >= 0.3 is 17.9 Å². The SMILES string of the molecule is N[C@@H]1CN(c2c(F)cc3c(=O)c(C(=O)O)cn([C@@H]4C[C@@H]4F)c3c2Cl)CC12CC2.O=C(O)CC(O)C(=O)O. The number of nitrogens with zero attached hydrogens (tertiary/aromatic N) is 2. The van der Waals surface area contributed by atoms with E-state index in [4.69, 9.17) is 32.7 Å². The lowest BCUT2D eigenvalue weighted by molar-refractivity contribution is -0.152. The van der Waals surface area contributed by atoms with Crippen molar-refractivity contribution in [1.82, 2.24) is 4.57 Å². The highest BCUT2D eigenvalue weighted by molar-refractivity contribution is 6.38. The number of carbonyl (C=O) groups is 3. The third-order valence-corrected chi connectivity index (χ3v) is 7.38. The van der Waals surface area contributed by atoms with Crippen LogP contribution in [0.25, 0.3) is 10.9 Å². The van der Waals surface area contributed by atoms with Gasteiger partial charge in [0.05, 0.1) is 34.1 Å². The molecule has 3 aliphatic rings. The van der Waals surface area contributed by atoms with Crippen LogP contribution < -0.4 is 16.1 Å². The lowest BCUT2D eigenvalue weighted by atomic mass is 10.0. The van der Waals surface area contributed by atoms with Gasteiger partial charge in [-0.15, -0.1) is 0 Å². The van der Waals surface area contributed by atoms with Crippen LogP contribution in [0.1, 0.15) is 42.1 Å². The molecule has 14 heteroatoms. The predicted octanol–water partition coefficient (Wildman–Crippen LogP) is 1.61. The Balaban J connectivity index is 0.000000307. The fourth-order valence-corrected chi connectivity index (χ4v) is 5.09. The molecule has 3 fully saturated rings. The van der Waals surface area contributed by atoms with Crippen molar-refractivity contribution in [2.24, 2.45) is 11.1 Å². The minimum atomic E-state index is -1.79. The van der Waals surface area contributed by atoms with Crippen molar-refractivity contribution in [2.75, 3.05) is 18.0 Å². The number of nitrogens with two attached hydrogens (primary N) is 1. The number of halogens is 3. The number of benzene rings is 1. The zero-order chi connectivity index (χ0) is 27.4. The molecular weight excluding hydrogens is 520 g/mol. The number of aromatic carboxylic acids is 1. The van der Waals surface area contributed by atoms with Crippen molar-refractivity contribution in [3.05, 3.63) is 38.9 Å². The summed E-state index contributed by atoms with van der Waals surface area (Å²) in [5.41, 5.74) is 5.15. The molecule has 1 saturated heterocycles. The first-order chi connectivity index (χ1) is 17.3. The minimum Gasteiger partial charge on any atom is -0.481 e. The first-order valence-corrected chi connectivity index (χ1v) is 11.7. The molecule has 200 valence electrons. The Bertz CT molecular complexity index is 1360. The van der Waals surface area contributed by atoms with Crippen molar-refractivity contribution in [2.45, 2.75) is 50.0 Å². The maximum absolute atomic E-state index is 15.0. The number of aromatic nitrogens is 1. The summed E-state index contributed by atoms with van der Waals surface area (Å²) >= 11 is 6.56. The van der Waals surface area contributed by atoms with Crippen LogP contribution in [0.3, 0.4) is 0 Å². The maximum Gasteiger partial charge on any atom is 0.341 e. The number of aliphatic hydroxyl groups is 1. The Morgan fingerprint density at radius 1 is 1.24 bits per heavy atom. The average molecular weight is 544 g/mol. The third kappa shape index (κ3) is 4.98. The van der Waals surface area contributed by atoms with Gasteiger partial charge in [-0.3, -0.25) is 9.59 Å². The Kier molecular flexibility index (Phi) is 6.90. The summed E-state index contributed by atoms with van der Waals surface area (Å²) in [5.74, 6) is -5.00. The number of pyridine rings is 1. The molecular formula is C23H24ClF2N3O8. The van der Waals surface area contributed by atoms with Crippen LogP contribution in [0.2, 0.25) is 5.02 Å². The molecule has 2 aliphatic carbocycles. The Morgan fingerprint density at radius 3 is 2.30 bits per heavy atom. The van der Waals surface area contributed by atoms with Gasteiger partial charge in [0.1, 0.15) is 17.6 Å². The number of aliphatic hydroxyl groups excluding tert-OH is 1. The van der Waals surface area contributed by atoms with E-state index in [1.807, 2.05) is 0 Å². The lowest BCUT2D eigenvalue weighted by Gasteiger charge is -2.23. The molecule has 1 aromatic carbocycles. The molecule has 11 nitrogen and oxygen atoms in total. The van der Waals surface area contributed by atoms with Crippen molar-refractivity contribution in [3.8, 4) is 0 Å². The summed E-state index contributed by atoms with van der Waals surface area (Å²) in [6.45, 7) is 1.01. The number of carboxylic acid groups (broad SMARTS) is 3. The Morgan fingerprint density at radius 2 is 1.86 bits per heavy atom. The number of alkyl halides is 1. The molecule has 1 aliphatic heterocycles. The van der Waals surface area contributed by atoms with E-state index in [0.717, 1.165) is 25.1 Å². The first-order valence-electron chi connectivity index (χ1n) is 11.3. The number of fused-ring (bicyclic) bond motifs is 1. The zero-order valence-electron chi connectivity index (χ0n) is 19.2. The predicted molar refractivity (Wildman–Crippen MR) is 126 cm³/mol. The minimum absolute atomic E-state index is 0.00645. The standard InChI is InChI=1S/C19H18ClF2N3O3.C4H6O5/c20-14-15-8(17(26)9(18(27)28)5-25(15)12-4-10(12)21)3-11(22)16(14)24-6-13(23)19(7-24)1-2-19;5-2(4(8)9)1-3(6)7/h3,5,10,12-13H,1-2,4,6-7,23H2,(H,27,28);2,5H,1H2,(H,6,7)(H,8,9)/t10-,12+,13+;/m0./s1. The molecule has 37 heavy (non-hydrogen) atoms.